The van der Waals surface area contributed by atoms with Gasteiger partial charge in [0.15, 0.2) is 0 Å². The smallest absolute Gasteiger partial charge is 0.292 e. The average molecular weight is 265 g/mol. The molecule has 1 saturated heterocycles. The van der Waals surface area contributed by atoms with Gasteiger partial charge in [-0.3, -0.25) is 15.0 Å². The van der Waals surface area contributed by atoms with Gasteiger partial charge in [-0.15, -0.1) is 0 Å². The molecular formula is C13H19N3O3. The van der Waals surface area contributed by atoms with Crippen molar-refractivity contribution >= 4 is 11.4 Å². The molecule has 0 spiro atoms. The summed E-state index contributed by atoms with van der Waals surface area (Å²) in [5.74, 6) is 0. The quantitative estimate of drug-likeness (QED) is 0.652. The van der Waals surface area contributed by atoms with E-state index in [1.54, 1.807) is 19.1 Å². The van der Waals surface area contributed by atoms with Crippen LogP contribution in [0.2, 0.25) is 0 Å². The van der Waals surface area contributed by atoms with Gasteiger partial charge in [0.2, 0.25) is 0 Å². The Kier molecular flexibility index (Phi) is 4.34. The lowest BCUT2D eigenvalue weighted by Crippen LogP contribution is -2.48. The summed E-state index contributed by atoms with van der Waals surface area (Å²) in [4.78, 5) is 14.9. The fourth-order valence-corrected chi connectivity index (χ4v) is 2.43. The minimum absolute atomic E-state index is 0.159. The van der Waals surface area contributed by atoms with Crippen LogP contribution >= 0.6 is 0 Å². The number of nitro groups is 1. The van der Waals surface area contributed by atoms with Crippen LogP contribution in [-0.2, 0) is 0 Å². The molecule has 2 rings (SSSR count). The molecule has 1 aliphatic heterocycles. The summed E-state index contributed by atoms with van der Waals surface area (Å²) in [5, 5.41) is 20.4. The number of hydrogen-bond donors (Lipinski definition) is 1. The standard InChI is InChI=1S/C13H19N3O3/c1-11(17)10-14-6-8-15(9-7-14)12-4-2-3-5-13(12)16(18)19/h2-5,11,17H,6-10H2,1H3/t11-/m0/s1. The fourth-order valence-electron chi connectivity index (χ4n) is 2.43. The summed E-state index contributed by atoms with van der Waals surface area (Å²) in [5.41, 5.74) is 0.843. The fraction of sp³-hybridized carbons (Fsp3) is 0.538. The van der Waals surface area contributed by atoms with Gasteiger partial charge in [-0.2, -0.15) is 0 Å². The van der Waals surface area contributed by atoms with Crippen molar-refractivity contribution in [2.24, 2.45) is 0 Å². The van der Waals surface area contributed by atoms with E-state index in [4.69, 9.17) is 0 Å². The van der Waals surface area contributed by atoms with Crippen LogP contribution in [0.3, 0.4) is 0 Å². The minimum Gasteiger partial charge on any atom is -0.392 e. The zero-order chi connectivity index (χ0) is 13.8. The second kappa shape index (κ2) is 5.99. The number of benzene rings is 1. The van der Waals surface area contributed by atoms with E-state index < -0.39 is 0 Å². The highest BCUT2D eigenvalue weighted by atomic mass is 16.6. The number of piperazine rings is 1. The monoisotopic (exact) mass is 265 g/mol. The third-order valence-electron chi connectivity index (χ3n) is 3.31. The Morgan fingerprint density at radius 1 is 1.32 bits per heavy atom. The van der Waals surface area contributed by atoms with Crippen LogP contribution in [0.15, 0.2) is 24.3 Å². The summed E-state index contributed by atoms with van der Waals surface area (Å²) in [7, 11) is 0. The van der Waals surface area contributed by atoms with Crippen molar-refractivity contribution in [3.05, 3.63) is 34.4 Å². The topological polar surface area (TPSA) is 69.8 Å². The lowest BCUT2D eigenvalue weighted by atomic mass is 10.2. The van der Waals surface area contributed by atoms with E-state index in [9.17, 15) is 15.2 Å². The molecule has 0 bridgehead atoms. The van der Waals surface area contributed by atoms with E-state index in [1.165, 1.54) is 6.07 Å². The van der Waals surface area contributed by atoms with E-state index in [0.717, 1.165) is 26.2 Å². The Bertz CT molecular complexity index is 443. The Morgan fingerprint density at radius 3 is 2.53 bits per heavy atom. The first kappa shape index (κ1) is 13.8. The zero-order valence-electron chi connectivity index (χ0n) is 11.0. The van der Waals surface area contributed by atoms with Gasteiger partial charge in [-0.1, -0.05) is 12.1 Å². The van der Waals surface area contributed by atoms with Crippen LogP contribution in [0.1, 0.15) is 6.92 Å². The maximum Gasteiger partial charge on any atom is 0.292 e. The van der Waals surface area contributed by atoms with Gasteiger partial charge >= 0.3 is 0 Å². The van der Waals surface area contributed by atoms with E-state index in [0.29, 0.717) is 12.2 Å². The van der Waals surface area contributed by atoms with Crippen LogP contribution in [0.5, 0.6) is 0 Å². The van der Waals surface area contributed by atoms with Gasteiger partial charge < -0.3 is 10.0 Å². The first-order valence-corrected chi connectivity index (χ1v) is 6.46. The summed E-state index contributed by atoms with van der Waals surface area (Å²) < 4.78 is 0. The zero-order valence-corrected chi connectivity index (χ0v) is 11.0. The van der Waals surface area contributed by atoms with Crippen molar-refractivity contribution in [1.29, 1.82) is 0 Å². The first-order chi connectivity index (χ1) is 9.08. The van der Waals surface area contributed by atoms with Crippen molar-refractivity contribution in [1.82, 2.24) is 4.90 Å². The molecule has 1 heterocycles. The average Bonchev–Trinajstić information content (AvgIpc) is 2.39. The van der Waals surface area contributed by atoms with Crippen molar-refractivity contribution in [3.8, 4) is 0 Å². The summed E-state index contributed by atoms with van der Waals surface area (Å²) in [6.45, 7) is 5.56. The number of anilines is 1. The van der Waals surface area contributed by atoms with Crippen LogP contribution in [0.25, 0.3) is 0 Å². The van der Waals surface area contributed by atoms with Gasteiger partial charge in [-0.05, 0) is 13.0 Å². The maximum absolute atomic E-state index is 11.0. The molecule has 1 fully saturated rings. The number of hydrogen-bond acceptors (Lipinski definition) is 5. The lowest BCUT2D eigenvalue weighted by Gasteiger charge is -2.36. The van der Waals surface area contributed by atoms with Gasteiger partial charge in [0.25, 0.3) is 5.69 Å². The first-order valence-electron chi connectivity index (χ1n) is 6.46. The number of aliphatic hydroxyl groups excluding tert-OH is 1. The Morgan fingerprint density at radius 2 is 1.95 bits per heavy atom. The molecule has 0 radical (unpaired) electrons. The van der Waals surface area contributed by atoms with E-state index >= 15 is 0 Å². The third kappa shape index (κ3) is 3.42. The van der Waals surface area contributed by atoms with Crippen molar-refractivity contribution in [2.75, 3.05) is 37.6 Å². The second-order valence-electron chi connectivity index (χ2n) is 4.88. The molecule has 0 aliphatic carbocycles. The predicted molar refractivity (Wildman–Crippen MR) is 73.4 cm³/mol. The largest absolute Gasteiger partial charge is 0.392 e. The van der Waals surface area contributed by atoms with Crippen molar-refractivity contribution in [3.63, 3.8) is 0 Å². The van der Waals surface area contributed by atoms with Crippen LogP contribution in [0, 0.1) is 10.1 Å². The predicted octanol–water partition coefficient (Wildman–Crippen LogP) is 1.10. The maximum atomic E-state index is 11.0. The third-order valence-corrected chi connectivity index (χ3v) is 3.31. The second-order valence-corrected chi connectivity index (χ2v) is 4.88. The number of β-amino-alcohol motifs (C(OH)–C–C–N with tert-alkyl or cyclic N) is 1. The number of nitro benzene ring substituents is 1. The SMILES string of the molecule is C[C@H](O)CN1CCN(c2ccccc2[N+](=O)[O-])CC1. The molecule has 1 N–H and O–H groups in total. The molecule has 0 unspecified atom stereocenters. The van der Waals surface area contributed by atoms with Gasteiger partial charge in [0.1, 0.15) is 5.69 Å². The summed E-state index contributed by atoms with van der Waals surface area (Å²) in [6, 6.07) is 6.84. The molecule has 1 aromatic rings. The molecule has 1 atom stereocenters. The molecule has 0 aromatic heterocycles. The van der Waals surface area contributed by atoms with Gasteiger partial charge in [-0.25, -0.2) is 0 Å². The molecule has 6 nitrogen and oxygen atoms in total. The summed E-state index contributed by atoms with van der Waals surface area (Å²) in [6.07, 6.45) is -0.336. The number of aliphatic hydroxyl groups is 1. The minimum atomic E-state index is -0.336. The highest BCUT2D eigenvalue weighted by molar-refractivity contribution is 5.63. The highest BCUT2D eigenvalue weighted by Gasteiger charge is 2.23. The van der Waals surface area contributed by atoms with Crippen LogP contribution in [0.4, 0.5) is 11.4 Å². The Hall–Kier alpha value is -1.66. The number of rotatable bonds is 4. The van der Waals surface area contributed by atoms with E-state index in [1.807, 2.05) is 11.0 Å². The van der Waals surface area contributed by atoms with Crippen LogP contribution in [-0.4, -0.2) is 53.8 Å². The molecule has 1 aliphatic rings. The molecule has 1 aromatic carbocycles. The molecule has 0 saturated carbocycles. The highest BCUT2D eigenvalue weighted by Crippen LogP contribution is 2.28. The molecule has 0 amide bonds. The molecule has 19 heavy (non-hydrogen) atoms. The van der Waals surface area contributed by atoms with E-state index in [2.05, 4.69) is 4.90 Å². The van der Waals surface area contributed by atoms with Crippen molar-refractivity contribution < 1.29 is 10.0 Å². The van der Waals surface area contributed by atoms with Crippen LogP contribution < -0.4 is 4.90 Å². The Balaban J connectivity index is 2.04. The molecule has 6 heteroatoms. The molecule has 104 valence electrons. The van der Waals surface area contributed by atoms with Crippen molar-refractivity contribution in [2.45, 2.75) is 13.0 Å². The number of para-hydroxylation sites is 2. The number of nitrogens with zero attached hydrogens (tertiary/aromatic N) is 3. The molecular weight excluding hydrogens is 246 g/mol. The lowest BCUT2D eigenvalue weighted by molar-refractivity contribution is -0.384. The summed E-state index contributed by atoms with van der Waals surface area (Å²) >= 11 is 0. The normalized spacial score (nSPS) is 18.3. The van der Waals surface area contributed by atoms with E-state index in [-0.39, 0.29) is 16.7 Å². The Labute approximate surface area is 112 Å². The van der Waals surface area contributed by atoms with Gasteiger partial charge in [0, 0.05) is 38.8 Å². The van der Waals surface area contributed by atoms with Gasteiger partial charge in [0.05, 0.1) is 11.0 Å².